The normalized spacial score (nSPS) is 21.8. The number of nitrogens with one attached hydrogen (secondary N) is 1. The van der Waals surface area contributed by atoms with Crippen LogP contribution in [0.4, 0.5) is 13.2 Å². The fraction of sp³-hybridized carbons (Fsp3) is 0.625. The number of halogens is 4. The largest absolute Gasteiger partial charge is 0.416 e. The molecule has 0 unspecified atom stereocenters. The first kappa shape index (κ1) is 16.1. The molecular formula is C16H20ClF3N2. The van der Waals surface area contributed by atoms with Crippen LogP contribution in [0.5, 0.6) is 0 Å². The van der Waals surface area contributed by atoms with Crippen LogP contribution in [0.25, 0.3) is 0 Å². The summed E-state index contributed by atoms with van der Waals surface area (Å²) < 4.78 is 39.0. The average molecular weight is 333 g/mol. The minimum Gasteiger partial charge on any atom is -0.314 e. The van der Waals surface area contributed by atoms with E-state index in [9.17, 15) is 13.2 Å². The number of rotatable bonds is 4. The molecule has 22 heavy (non-hydrogen) atoms. The van der Waals surface area contributed by atoms with Gasteiger partial charge in [0.15, 0.2) is 0 Å². The lowest BCUT2D eigenvalue weighted by Crippen LogP contribution is -2.45. The van der Waals surface area contributed by atoms with Gasteiger partial charge < -0.3 is 5.32 Å². The number of hydrogen-bond acceptors (Lipinski definition) is 2. The zero-order valence-corrected chi connectivity index (χ0v) is 13.1. The predicted molar refractivity (Wildman–Crippen MR) is 81.0 cm³/mol. The topological polar surface area (TPSA) is 15.3 Å². The summed E-state index contributed by atoms with van der Waals surface area (Å²) in [6.07, 6.45) is -1.06. The van der Waals surface area contributed by atoms with E-state index in [1.54, 1.807) is 0 Å². The Balaban J connectivity index is 1.91. The number of hydrogen-bond donors (Lipinski definition) is 1. The van der Waals surface area contributed by atoms with Gasteiger partial charge >= 0.3 is 6.18 Å². The van der Waals surface area contributed by atoms with E-state index in [2.05, 4.69) is 10.2 Å². The molecule has 1 aromatic rings. The monoisotopic (exact) mass is 332 g/mol. The maximum absolute atomic E-state index is 13.0. The highest BCUT2D eigenvalue weighted by Crippen LogP contribution is 2.43. The maximum atomic E-state index is 13.0. The first-order chi connectivity index (χ1) is 10.4. The summed E-state index contributed by atoms with van der Waals surface area (Å²) in [6, 6.07) is 3.70. The quantitative estimate of drug-likeness (QED) is 0.892. The third-order valence-corrected chi connectivity index (χ3v) is 4.87. The third kappa shape index (κ3) is 3.76. The summed E-state index contributed by atoms with van der Waals surface area (Å²) >= 11 is 6.25. The number of piperazine rings is 1. The predicted octanol–water partition coefficient (Wildman–Crippen LogP) is 4.11. The highest BCUT2D eigenvalue weighted by molar-refractivity contribution is 6.31. The molecule has 1 saturated carbocycles. The Kier molecular flexibility index (Phi) is 4.67. The van der Waals surface area contributed by atoms with Gasteiger partial charge in [-0.3, -0.25) is 4.90 Å². The molecule has 2 nitrogen and oxygen atoms in total. The van der Waals surface area contributed by atoms with Gasteiger partial charge in [-0.1, -0.05) is 24.4 Å². The van der Waals surface area contributed by atoms with Crippen molar-refractivity contribution in [3.05, 3.63) is 34.3 Å². The van der Waals surface area contributed by atoms with Crippen LogP contribution in [0.2, 0.25) is 5.02 Å². The van der Waals surface area contributed by atoms with E-state index < -0.39 is 11.7 Å². The molecule has 0 aromatic heterocycles. The van der Waals surface area contributed by atoms with Crippen molar-refractivity contribution in [3.63, 3.8) is 0 Å². The molecule has 1 heterocycles. The van der Waals surface area contributed by atoms with Crippen LogP contribution in [-0.2, 0) is 6.18 Å². The van der Waals surface area contributed by atoms with E-state index in [0.717, 1.165) is 38.7 Å². The van der Waals surface area contributed by atoms with Gasteiger partial charge in [-0.2, -0.15) is 13.2 Å². The fourth-order valence-electron chi connectivity index (χ4n) is 3.11. The summed E-state index contributed by atoms with van der Waals surface area (Å²) in [7, 11) is 0. The molecule has 1 N–H and O–H groups in total. The van der Waals surface area contributed by atoms with Gasteiger partial charge in [-0.05, 0) is 36.1 Å². The SMILES string of the molecule is FC(F)(F)c1ccc(Cl)c([C@H](CC2CC2)N2CCNCC2)c1. The molecule has 0 radical (unpaired) electrons. The Hall–Kier alpha value is -0.780. The molecule has 1 saturated heterocycles. The Labute approximate surface area is 133 Å². The Morgan fingerprint density at radius 1 is 1.23 bits per heavy atom. The third-order valence-electron chi connectivity index (χ3n) is 4.53. The minimum absolute atomic E-state index is 0.00981. The number of alkyl halides is 3. The molecule has 1 aromatic carbocycles. The molecule has 2 fully saturated rings. The van der Waals surface area contributed by atoms with Gasteiger partial charge in [-0.15, -0.1) is 0 Å². The van der Waals surface area contributed by atoms with Gasteiger partial charge in [-0.25, -0.2) is 0 Å². The minimum atomic E-state index is -4.33. The lowest BCUT2D eigenvalue weighted by atomic mass is 9.96. The van der Waals surface area contributed by atoms with Crippen molar-refractivity contribution < 1.29 is 13.2 Å². The molecule has 0 bridgehead atoms. The molecule has 0 amide bonds. The smallest absolute Gasteiger partial charge is 0.314 e. The van der Waals surface area contributed by atoms with E-state index in [1.165, 1.54) is 25.0 Å². The number of nitrogens with zero attached hydrogens (tertiary/aromatic N) is 1. The lowest BCUT2D eigenvalue weighted by molar-refractivity contribution is -0.137. The molecule has 1 atom stereocenters. The van der Waals surface area contributed by atoms with Crippen molar-refractivity contribution in [2.45, 2.75) is 31.5 Å². The Bertz CT molecular complexity index is 523. The lowest BCUT2D eigenvalue weighted by Gasteiger charge is -2.36. The molecule has 1 aliphatic carbocycles. The van der Waals surface area contributed by atoms with Crippen LogP contribution in [0.1, 0.15) is 36.4 Å². The van der Waals surface area contributed by atoms with Crippen molar-refractivity contribution in [2.75, 3.05) is 26.2 Å². The summed E-state index contributed by atoms with van der Waals surface area (Å²) in [5.41, 5.74) is 0.0214. The van der Waals surface area contributed by atoms with Gasteiger partial charge in [0.1, 0.15) is 0 Å². The molecule has 122 valence electrons. The van der Waals surface area contributed by atoms with Crippen molar-refractivity contribution >= 4 is 11.6 Å². The second-order valence-corrected chi connectivity index (χ2v) is 6.62. The molecule has 3 rings (SSSR count). The standard InChI is InChI=1S/C16H20ClF3N2/c17-14-4-3-12(16(18,19)20)10-13(14)15(9-11-1-2-11)22-7-5-21-6-8-22/h3-4,10-11,15,21H,1-2,5-9H2/t15-/m0/s1. The van der Waals surface area contributed by atoms with Gasteiger partial charge in [0.2, 0.25) is 0 Å². The summed E-state index contributed by atoms with van der Waals surface area (Å²) in [6.45, 7) is 3.45. The zero-order valence-electron chi connectivity index (χ0n) is 12.3. The first-order valence-electron chi connectivity index (χ1n) is 7.76. The van der Waals surface area contributed by atoms with Crippen molar-refractivity contribution in [3.8, 4) is 0 Å². The average Bonchev–Trinajstić information content (AvgIpc) is 3.29. The molecule has 2 aliphatic rings. The van der Waals surface area contributed by atoms with Gasteiger partial charge in [0, 0.05) is 37.2 Å². The fourth-order valence-corrected chi connectivity index (χ4v) is 3.35. The number of benzene rings is 1. The van der Waals surface area contributed by atoms with Gasteiger partial charge in [0.05, 0.1) is 5.56 Å². The maximum Gasteiger partial charge on any atom is 0.416 e. The summed E-state index contributed by atoms with van der Waals surface area (Å²) in [4.78, 5) is 2.27. The Morgan fingerprint density at radius 3 is 2.50 bits per heavy atom. The van der Waals surface area contributed by atoms with Crippen LogP contribution in [0, 0.1) is 5.92 Å². The second kappa shape index (κ2) is 6.38. The molecule has 1 aliphatic heterocycles. The molecule has 6 heteroatoms. The van der Waals surface area contributed by atoms with Gasteiger partial charge in [0.25, 0.3) is 0 Å². The van der Waals surface area contributed by atoms with Crippen LogP contribution < -0.4 is 5.32 Å². The van der Waals surface area contributed by atoms with E-state index >= 15 is 0 Å². The highest BCUT2D eigenvalue weighted by Gasteiger charge is 2.35. The van der Waals surface area contributed by atoms with Crippen LogP contribution in [0.15, 0.2) is 18.2 Å². The van der Waals surface area contributed by atoms with E-state index in [0.29, 0.717) is 16.5 Å². The van der Waals surface area contributed by atoms with Crippen LogP contribution >= 0.6 is 11.6 Å². The molecule has 0 spiro atoms. The van der Waals surface area contributed by atoms with E-state index in [1.807, 2.05) is 0 Å². The molecular weight excluding hydrogens is 313 g/mol. The first-order valence-corrected chi connectivity index (χ1v) is 8.14. The van der Waals surface area contributed by atoms with E-state index in [-0.39, 0.29) is 6.04 Å². The van der Waals surface area contributed by atoms with Crippen LogP contribution in [0.3, 0.4) is 0 Å². The summed E-state index contributed by atoms with van der Waals surface area (Å²) in [5.74, 6) is 0.630. The summed E-state index contributed by atoms with van der Waals surface area (Å²) in [5, 5.41) is 3.73. The van der Waals surface area contributed by atoms with Crippen molar-refractivity contribution in [1.82, 2.24) is 10.2 Å². The van der Waals surface area contributed by atoms with Crippen LogP contribution in [-0.4, -0.2) is 31.1 Å². The second-order valence-electron chi connectivity index (χ2n) is 6.21. The van der Waals surface area contributed by atoms with Crippen molar-refractivity contribution in [1.29, 1.82) is 0 Å². The zero-order chi connectivity index (χ0) is 15.7. The highest BCUT2D eigenvalue weighted by atomic mass is 35.5. The van der Waals surface area contributed by atoms with Crippen molar-refractivity contribution in [2.24, 2.45) is 5.92 Å². The Morgan fingerprint density at radius 2 is 1.91 bits per heavy atom. The van der Waals surface area contributed by atoms with E-state index in [4.69, 9.17) is 11.6 Å².